The Hall–Kier alpha value is -1.60. The summed E-state index contributed by atoms with van der Waals surface area (Å²) in [6.07, 6.45) is 0. The van der Waals surface area contributed by atoms with Gasteiger partial charge in [-0.15, -0.1) is 0 Å². The summed E-state index contributed by atoms with van der Waals surface area (Å²) < 4.78 is 29.0. The summed E-state index contributed by atoms with van der Waals surface area (Å²) in [5.74, 6) is 0.887. The van der Waals surface area contributed by atoms with Crippen LogP contribution in [0.3, 0.4) is 0 Å². The zero-order chi connectivity index (χ0) is 13.5. The number of imidazole rings is 1. The smallest absolute Gasteiger partial charge is 0.301 e. The number of fused-ring (bicyclic) bond motifs is 1. The fraction of sp³-hybridized carbons (Fsp3) is 0.364. The largest absolute Gasteiger partial charge is 0.331 e. The molecule has 0 spiro atoms. The first kappa shape index (κ1) is 12.8. The molecule has 1 aromatic heterocycles. The van der Waals surface area contributed by atoms with Gasteiger partial charge in [0.25, 0.3) is 0 Å². The lowest BCUT2D eigenvalue weighted by atomic mass is 10.3. The molecule has 0 amide bonds. The first-order valence-corrected chi connectivity index (χ1v) is 6.88. The van der Waals surface area contributed by atoms with E-state index in [2.05, 4.69) is 9.71 Å². The molecule has 0 saturated carbocycles. The SMILES string of the molecule is Cc1nc2cc(NS(=O)(=O)N(C)C)ccc2n1C. The second-order valence-electron chi connectivity index (χ2n) is 4.31. The Morgan fingerprint density at radius 3 is 2.61 bits per heavy atom. The standard InChI is InChI=1S/C11H16N4O2S/c1-8-12-10-7-9(5-6-11(10)15(8)4)13-18(16,17)14(2)3/h5-7,13H,1-4H3. The van der Waals surface area contributed by atoms with Gasteiger partial charge in [0.1, 0.15) is 5.82 Å². The fourth-order valence-electron chi connectivity index (χ4n) is 1.62. The molecule has 2 rings (SSSR count). The first-order chi connectivity index (χ1) is 8.31. The number of hydrogen-bond donors (Lipinski definition) is 1. The lowest BCUT2D eigenvalue weighted by molar-refractivity contribution is 0.527. The predicted molar refractivity (Wildman–Crippen MR) is 71.7 cm³/mol. The van der Waals surface area contributed by atoms with E-state index in [9.17, 15) is 8.42 Å². The van der Waals surface area contributed by atoms with E-state index in [1.807, 2.05) is 24.6 Å². The van der Waals surface area contributed by atoms with Crippen LogP contribution in [0.4, 0.5) is 5.69 Å². The highest BCUT2D eigenvalue weighted by Gasteiger charge is 2.13. The Morgan fingerprint density at radius 2 is 2.00 bits per heavy atom. The molecule has 2 aromatic rings. The first-order valence-electron chi connectivity index (χ1n) is 5.44. The van der Waals surface area contributed by atoms with E-state index in [1.165, 1.54) is 14.1 Å². The van der Waals surface area contributed by atoms with Gasteiger partial charge in [-0.25, -0.2) is 4.98 Å². The Balaban J connectivity index is 2.43. The summed E-state index contributed by atoms with van der Waals surface area (Å²) in [6, 6.07) is 5.30. The average molecular weight is 268 g/mol. The molecule has 0 saturated heterocycles. The van der Waals surface area contributed by atoms with Gasteiger partial charge in [0.15, 0.2) is 0 Å². The zero-order valence-electron chi connectivity index (χ0n) is 10.8. The minimum Gasteiger partial charge on any atom is -0.331 e. The molecular weight excluding hydrogens is 252 g/mol. The Kier molecular flexibility index (Phi) is 3.04. The predicted octanol–water partition coefficient (Wildman–Crippen LogP) is 1.10. The summed E-state index contributed by atoms with van der Waals surface area (Å²) in [6.45, 7) is 1.91. The molecule has 1 aromatic carbocycles. The number of benzene rings is 1. The number of nitrogens with one attached hydrogen (secondary N) is 1. The molecule has 0 fully saturated rings. The quantitative estimate of drug-likeness (QED) is 0.906. The summed E-state index contributed by atoms with van der Waals surface area (Å²) in [4.78, 5) is 4.36. The Labute approximate surface area is 106 Å². The van der Waals surface area contributed by atoms with Gasteiger partial charge in [-0.1, -0.05) is 0 Å². The van der Waals surface area contributed by atoms with E-state index in [4.69, 9.17) is 0 Å². The van der Waals surface area contributed by atoms with E-state index in [-0.39, 0.29) is 0 Å². The van der Waals surface area contributed by atoms with Crippen molar-refractivity contribution in [3.05, 3.63) is 24.0 Å². The van der Waals surface area contributed by atoms with Gasteiger partial charge in [0.2, 0.25) is 0 Å². The van der Waals surface area contributed by atoms with Crippen LogP contribution in [0.1, 0.15) is 5.82 Å². The topological polar surface area (TPSA) is 67.2 Å². The minimum absolute atomic E-state index is 0.509. The van der Waals surface area contributed by atoms with Gasteiger partial charge in [0, 0.05) is 21.1 Å². The maximum Gasteiger partial charge on any atom is 0.301 e. The van der Waals surface area contributed by atoms with Gasteiger partial charge in [-0.3, -0.25) is 4.72 Å². The highest BCUT2D eigenvalue weighted by Crippen LogP contribution is 2.20. The van der Waals surface area contributed by atoms with Crippen molar-refractivity contribution >= 4 is 26.9 Å². The summed E-state index contributed by atoms with van der Waals surface area (Å²) in [7, 11) is 1.41. The third-order valence-electron chi connectivity index (χ3n) is 2.83. The summed E-state index contributed by atoms with van der Waals surface area (Å²) in [5, 5.41) is 0. The normalized spacial score (nSPS) is 12.3. The second-order valence-corrected chi connectivity index (χ2v) is 6.20. The molecule has 0 radical (unpaired) electrons. The van der Waals surface area contributed by atoms with Crippen molar-refractivity contribution in [2.45, 2.75) is 6.92 Å². The number of aromatic nitrogens is 2. The number of hydrogen-bond acceptors (Lipinski definition) is 3. The molecule has 0 unspecified atom stereocenters. The summed E-state index contributed by atoms with van der Waals surface area (Å²) >= 11 is 0. The van der Waals surface area contributed by atoms with Crippen molar-refractivity contribution in [3.63, 3.8) is 0 Å². The van der Waals surface area contributed by atoms with E-state index in [1.54, 1.807) is 12.1 Å². The lowest BCUT2D eigenvalue weighted by Crippen LogP contribution is -2.28. The van der Waals surface area contributed by atoms with E-state index < -0.39 is 10.2 Å². The fourth-order valence-corrected chi connectivity index (χ4v) is 2.23. The molecule has 1 N–H and O–H groups in total. The van der Waals surface area contributed by atoms with Crippen LogP contribution in [0.5, 0.6) is 0 Å². The van der Waals surface area contributed by atoms with Crippen LogP contribution in [0.15, 0.2) is 18.2 Å². The van der Waals surface area contributed by atoms with Crippen LogP contribution in [0.25, 0.3) is 11.0 Å². The van der Waals surface area contributed by atoms with Crippen molar-refractivity contribution in [2.75, 3.05) is 18.8 Å². The lowest BCUT2D eigenvalue weighted by Gasteiger charge is -2.13. The van der Waals surface area contributed by atoms with E-state index >= 15 is 0 Å². The minimum atomic E-state index is -3.47. The van der Waals surface area contributed by atoms with Crippen molar-refractivity contribution in [1.29, 1.82) is 0 Å². The monoisotopic (exact) mass is 268 g/mol. The number of rotatable bonds is 3. The third-order valence-corrected chi connectivity index (χ3v) is 4.29. The number of aryl methyl sites for hydroxylation is 2. The molecule has 7 heteroatoms. The second kappa shape index (κ2) is 4.25. The molecule has 6 nitrogen and oxygen atoms in total. The summed E-state index contributed by atoms with van der Waals surface area (Å²) in [5.41, 5.74) is 2.25. The number of nitrogens with zero attached hydrogens (tertiary/aromatic N) is 3. The highest BCUT2D eigenvalue weighted by molar-refractivity contribution is 7.90. The third kappa shape index (κ3) is 2.19. The van der Waals surface area contributed by atoms with Crippen LogP contribution in [0.2, 0.25) is 0 Å². The molecule has 0 aliphatic rings. The number of anilines is 1. The van der Waals surface area contributed by atoms with Crippen LogP contribution < -0.4 is 4.72 Å². The molecule has 0 aliphatic carbocycles. The maximum absolute atomic E-state index is 11.7. The maximum atomic E-state index is 11.7. The molecule has 0 atom stereocenters. The molecule has 0 bridgehead atoms. The van der Waals surface area contributed by atoms with Gasteiger partial charge < -0.3 is 4.57 Å². The molecule has 1 heterocycles. The van der Waals surface area contributed by atoms with Crippen molar-refractivity contribution in [2.24, 2.45) is 7.05 Å². The van der Waals surface area contributed by atoms with E-state index in [0.717, 1.165) is 21.2 Å². The van der Waals surface area contributed by atoms with Crippen molar-refractivity contribution in [3.8, 4) is 0 Å². The molecular formula is C11H16N4O2S. The molecule has 98 valence electrons. The van der Waals surface area contributed by atoms with Crippen molar-refractivity contribution < 1.29 is 8.42 Å². The van der Waals surface area contributed by atoms with E-state index in [0.29, 0.717) is 5.69 Å². The van der Waals surface area contributed by atoms with Crippen LogP contribution in [-0.2, 0) is 17.3 Å². The Morgan fingerprint density at radius 1 is 1.33 bits per heavy atom. The van der Waals surface area contributed by atoms with Crippen LogP contribution in [-0.4, -0.2) is 36.4 Å². The highest BCUT2D eigenvalue weighted by atomic mass is 32.2. The Bertz CT molecular complexity index is 688. The molecule has 18 heavy (non-hydrogen) atoms. The molecule has 0 aliphatic heterocycles. The average Bonchev–Trinajstić information content (AvgIpc) is 2.53. The van der Waals surface area contributed by atoms with Crippen LogP contribution >= 0.6 is 0 Å². The van der Waals surface area contributed by atoms with Crippen molar-refractivity contribution in [1.82, 2.24) is 13.9 Å². The van der Waals surface area contributed by atoms with Gasteiger partial charge in [-0.2, -0.15) is 12.7 Å². The van der Waals surface area contributed by atoms with Gasteiger partial charge in [0.05, 0.1) is 16.7 Å². The van der Waals surface area contributed by atoms with Gasteiger partial charge in [-0.05, 0) is 25.1 Å². The zero-order valence-corrected chi connectivity index (χ0v) is 11.6. The van der Waals surface area contributed by atoms with Crippen LogP contribution in [0, 0.1) is 6.92 Å². The van der Waals surface area contributed by atoms with Gasteiger partial charge >= 0.3 is 10.2 Å².